The fourth-order valence-electron chi connectivity index (χ4n) is 3.92. The van der Waals surface area contributed by atoms with Crippen LogP contribution in [0.5, 0.6) is 0 Å². The number of hydrogen-bond acceptors (Lipinski definition) is 4. The molecule has 0 bridgehead atoms. The van der Waals surface area contributed by atoms with Crippen molar-refractivity contribution >= 4 is 15.9 Å². The second-order valence-corrected chi connectivity index (χ2v) is 8.35. The first-order chi connectivity index (χ1) is 10.9. The van der Waals surface area contributed by atoms with E-state index in [9.17, 15) is 13.2 Å². The van der Waals surface area contributed by atoms with E-state index in [1.54, 1.807) is 7.05 Å². The summed E-state index contributed by atoms with van der Waals surface area (Å²) in [5.41, 5.74) is 1.22. The Morgan fingerprint density at radius 2 is 1.96 bits per heavy atom. The molecule has 6 nitrogen and oxygen atoms in total. The highest BCUT2D eigenvalue weighted by molar-refractivity contribution is 7.88. The van der Waals surface area contributed by atoms with E-state index in [0.717, 1.165) is 13.1 Å². The van der Waals surface area contributed by atoms with Crippen LogP contribution in [-0.4, -0.2) is 62.0 Å². The molecule has 0 saturated carbocycles. The molecule has 2 saturated heterocycles. The van der Waals surface area contributed by atoms with E-state index < -0.39 is 16.1 Å². The number of nitrogens with zero attached hydrogens (tertiary/aromatic N) is 2. The summed E-state index contributed by atoms with van der Waals surface area (Å²) in [6.07, 6.45) is 1.80. The number of sulfonamides is 1. The van der Waals surface area contributed by atoms with Gasteiger partial charge in [0.1, 0.15) is 6.04 Å². The van der Waals surface area contributed by atoms with Gasteiger partial charge in [0.15, 0.2) is 0 Å². The zero-order valence-corrected chi connectivity index (χ0v) is 14.3. The third-order valence-corrected chi connectivity index (χ3v) is 6.11. The summed E-state index contributed by atoms with van der Waals surface area (Å²) in [5, 5.41) is 2.59. The molecular weight excluding hydrogens is 314 g/mol. The van der Waals surface area contributed by atoms with Crippen LogP contribution in [0.1, 0.15) is 12.0 Å². The zero-order chi connectivity index (χ0) is 16.6. The lowest BCUT2D eigenvalue weighted by Crippen LogP contribution is -2.49. The Kier molecular flexibility index (Phi) is 4.44. The summed E-state index contributed by atoms with van der Waals surface area (Å²) in [6, 6.07) is 9.50. The molecular formula is C16H23N3O3S. The van der Waals surface area contributed by atoms with Crippen molar-refractivity contribution in [3.63, 3.8) is 0 Å². The van der Waals surface area contributed by atoms with Crippen molar-refractivity contribution in [3.05, 3.63) is 35.9 Å². The molecule has 0 radical (unpaired) electrons. The first-order valence-electron chi connectivity index (χ1n) is 7.86. The molecule has 2 fully saturated rings. The van der Waals surface area contributed by atoms with Crippen molar-refractivity contribution < 1.29 is 13.2 Å². The van der Waals surface area contributed by atoms with Gasteiger partial charge in [-0.05, 0) is 17.9 Å². The molecule has 0 aromatic heterocycles. The standard InChI is InChI=1S/C16H23N3O3S/c1-17-16(20)14-8-13-10-18(9-12-6-4-3-5-7-12)11-15(13)19(14)23(2,21)22/h3-7,13-15H,8-11H2,1-2H3,(H,17,20)/t13-,14-,15+/m0/s1. The highest BCUT2D eigenvalue weighted by Crippen LogP contribution is 2.37. The largest absolute Gasteiger partial charge is 0.358 e. The Morgan fingerprint density at radius 1 is 1.26 bits per heavy atom. The maximum Gasteiger partial charge on any atom is 0.238 e. The number of carbonyl (C=O) groups excluding carboxylic acids is 1. The van der Waals surface area contributed by atoms with Crippen LogP contribution in [0.15, 0.2) is 30.3 Å². The molecule has 23 heavy (non-hydrogen) atoms. The van der Waals surface area contributed by atoms with Crippen LogP contribution in [0.2, 0.25) is 0 Å². The van der Waals surface area contributed by atoms with Crippen LogP contribution in [-0.2, 0) is 21.4 Å². The number of nitrogens with one attached hydrogen (secondary N) is 1. The lowest BCUT2D eigenvalue weighted by Gasteiger charge is -2.27. The molecule has 3 atom stereocenters. The molecule has 126 valence electrons. The smallest absolute Gasteiger partial charge is 0.238 e. The summed E-state index contributed by atoms with van der Waals surface area (Å²) in [4.78, 5) is 14.3. The number of carbonyl (C=O) groups is 1. The molecule has 1 aromatic rings. The predicted octanol–water partition coefficient (Wildman–Crippen LogP) is 0.267. The fourth-order valence-corrected chi connectivity index (χ4v) is 5.29. The minimum atomic E-state index is -3.41. The topological polar surface area (TPSA) is 69.7 Å². The molecule has 0 unspecified atom stereocenters. The molecule has 0 aliphatic carbocycles. The number of likely N-dealkylation sites (tertiary alicyclic amines) is 1. The number of benzene rings is 1. The van der Waals surface area contributed by atoms with Crippen LogP contribution < -0.4 is 5.32 Å². The highest BCUT2D eigenvalue weighted by Gasteiger charge is 2.52. The second kappa shape index (κ2) is 6.22. The molecule has 1 amide bonds. The minimum Gasteiger partial charge on any atom is -0.358 e. The van der Waals surface area contributed by atoms with E-state index in [2.05, 4.69) is 22.3 Å². The van der Waals surface area contributed by atoms with Crippen molar-refractivity contribution in [2.45, 2.75) is 25.0 Å². The van der Waals surface area contributed by atoms with Crippen molar-refractivity contribution in [2.75, 3.05) is 26.4 Å². The van der Waals surface area contributed by atoms with Gasteiger partial charge < -0.3 is 5.32 Å². The van der Waals surface area contributed by atoms with Gasteiger partial charge >= 0.3 is 0 Å². The van der Waals surface area contributed by atoms with E-state index in [0.29, 0.717) is 13.0 Å². The summed E-state index contributed by atoms with van der Waals surface area (Å²) in [6.45, 7) is 2.33. The molecule has 1 aromatic carbocycles. The Morgan fingerprint density at radius 3 is 2.57 bits per heavy atom. The Hall–Kier alpha value is -1.44. The van der Waals surface area contributed by atoms with E-state index in [-0.39, 0.29) is 17.9 Å². The minimum absolute atomic E-state index is 0.101. The lowest BCUT2D eigenvalue weighted by molar-refractivity contribution is -0.124. The summed E-state index contributed by atoms with van der Waals surface area (Å²) in [5.74, 6) is 0.00942. The van der Waals surface area contributed by atoms with E-state index in [4.69, 9.17) is 0 Å². The Balaban J connectivity index is 1.76. The van der Waals surface area contributed by atoms with Gasteiger partial charge in [-0.3, -0.25) is 9.69 Å². The van der Waals surface area contributed by atoms with Gasteiger partial charge in [-0.1, -0.05) is 30.3 Å². The molecule has 1 N–H and O–H groups in total. The van der Waals surface area contributed by atoms with E-state index in [1.807, 2.05) is 18.2 Å². The van der Waals surface area contributed by atoms with Crippen LogP contribution in [0.4, 0.5) is 0 Å². The van der Waals surface area contributed by atoms with Gasteiger partial charge in [-0.15, -0.1) is 0 Å². The lowest BCUT2D eigenvalue weighted by atomic mass is 10.0. The van der Waals surface area contributed by atoms with Crippen LogP contribution in [0.3, 0.4) is 0 Å². The number of fused-ring (bicyclic) bond motifs is 1. The number of hydrogen-bond donors (Lipinski definition) is 1. The van der Waals surface area contributed by atoms with Crippen LogP contribution in [0.25, 0.3) is 0 Å². The summed E-state index contributed by atoms with van der Waals surface area (Å²) < 4.78 is 25.8. The third kappa shape index (κ3) is 3.27. The van der Waals surface area contributed by atoms with Gasteiger partial charge in [-0.25, -0.2) is 8.42 Å². The van der Waals surface area contributed by atoms with Gasteiger partial charge in [-0.2, -0.15) is 4.31 Å². The SMILES string of the molecule is CNC(=O)[C@@H]1C[C@H]2CN(Cc3ccccc3)C[C@H]2N1S(C)(=O)=O. The van der Waals surface area contributed by atoms with Gasteiger partial charge in [0.2, 0.25) is 15.9 Å². The van der Waals surface area contributed by atoms with Crippen LogP contribution in [0, 0.1) is 5.92 Å². The first-order valence-corrected chi connectivity index (χ1v) is 9.71. The monoisotopic (exact) mass is 337 g/mol. The third-order valence-electron chi connectivity index (χ3n) is 4.82. The summed E-state index contributed by atoms with van der Waals surface area (Å²) in [7, 11) is -1.86. The number of amides is 1. The quantitative estimate of drug-likeness (QED) is 0.856. The molecule has 2 heterocycles. The molecule has 3 rings (SSSR count). The van der Waals surface area contributed by atoms with Crippen molar-refractivity contribution in [3.8, 4) is 0 Å². The maximum atomic E-state index is 12.2. The average Bonchev–Trinajstić information content (AvgIpc) is 3.03. The Labute approximate surface area is 137 Å². The predicted molar refractivity (Wildman–Crippen MR) is 88.2 cm³/mol. The number of likely N-dealkylation sites (N-methyl/N-ethyl adjacent to an activating group) is 1. The molecule has 2 aliphatic rings. The second-order valence-electron chi connectivity index (χ2n) is 6.47. The maximum absolute atomic E-state index is 12.2. The van der Waals surface area contributed by atoms with Gasteiger partial charge in [0, 0.05) is 32.7 Å². The van der Waals surface area contributed by atoms with Crippen molar-refractivity contribution in [2.24, 2.45) is 5.92 Å². The normalized spacial score (nSPS) is 28.7. The van der Waals surface area contributed by atoms with Crippen molar-refractivity contribution in [1.29, 1.82) is 0 Å². The first kappa shape index (κ1) is 16.4. The molecule has 0 spiro atoms. The molecule has 7 heteroatoms. The highest BCUT2D eigenvalue weighted by atomic mass is 32.2. The average molecular weight is 337 g/mol. The number of rotatable bonds is 4. The van der Waals surface area contributed by atoms with Gasteiger partial charge in [0.05, 0.1) is 6.26 Å². The van der Waals surface area contributed by atoms with Gasteiger partial charge in [0.25, 0.3) is 0 Å². The zero-order valence-electron chi connectivity index (χ0n) is 13.5. The summed E-state index contributed by atoms with van der Waals surface area (Å²) >= 11 is 0. The van der Waals surface area contributed by atoms with E-state index >= 15 is 0 Å². The van der Waals surface area contributed by atoms with Crippen molar-refractivity contribution in [1.82, 2.24) is 14.5 Å². The fraction of sp³-hybridized carbons (Fsp3) is 0.562. The Bertz CT molecular complexity index is 677. The van der Waals surface area contributed by atoms with Crippen LogP contribution >= 0.6 is 0 Å². The molecule has 2 aliphatic heterocycles. The van der Waals surface area contributed by atoms with E-state index in [1.165, 1.54) is 16.1 Å².